The van der Waals surface area contributed by atoms with Gasteiger partial charge in [-0.3, -0.25) is 4.79 Å². The van der Waals surface area contributed by atoms with Gasteiger partial charge in [-0.05, 0) is 19.4 Å². The monoisotopic (exact) mass is 234 g/mol. The average Bonchev–Trinajstić information content (AvgIpc) is 2.90. The Morgan fingerprint density at radius 3 is 2.88 bits per heavy atom. The average molecular weight is 234 g/mol. The van der Waals surface area contributed by atoms with Gasteiger partial charge in [-0.25, -0.2) is 9.97 Å². The van der Waals surface area contributed by atoms with E-state index in [4.69, 9.17) is 0 Å². The lowest BCUT2D eigenvalue weighted by molar-refractivity contribution is 0.0691. The van der Waals surface area contributed by atoms with Crippen LogP contribution in [-0.2, 0) is 0 Å². The van der Waals surface area contributed by atoms with Crippen LogP contribution in [0.2, 0.25) is 0 Å². The molecular weight excluding hydrogens is 216 g/mol. The van der Waals surface area contributed by atoms with Crippen LogP contribution in [0.4, 0.5) is 0 Å². The normalized spacial score (nSPS) is 19.2. The molecule has 1 fully saturated rings. The molecule has 0 bridgehead atoms. The molecule has 2 rings (SSSR count). The van der Waals surface area contributed by atoms with Crippen LogP contribution in [0.5, 0.6) is 0 Å². The molecule has 1 saturated heterocycles. The zero-order valence-corrected chi connectivity index (χ0v) is 10.1. The highest BCUT2D eigenvalue weighted by atomic mass is 16.2. The Labute approximate surface area is 101 Å². The molecule has 1 N–H and O–H groups in total. The van der Waals surface area contributed by atoms with E-state index in [0.29, 0.717) is 11.6 Å². The summed E-state index contributed by atoms with van der Waals surface area (Å²) < 4.78 is 0. The minimum atomic E-state index is 0.0427. The summed E-state index contributed by atoms with van der Waals surface area (Å²) in [4.78, 5) is 22.1. The van der Waals surface area contributed by atoms with Gasteiger partial charge in [0.2, 0.25) is 0 Å². The predicted octanol–water partition coefficient (Wildman–Crippen LogP) is 0.691. The highest BCUT2D eigenvalue weighted by molar-refractivity contribution is 5.93. The number of rotatable bonds is 4. The molecule has 5 nitrogen and oxygen atoms in total. The summed E-state index contributed by atoms with van der Waals surface area (Å²) in [6, 6.07) is 0.308. The van der Waals surface area contributed by atoms with E-state index in [2.05, 4.69) is 22.2 Å². The smallest absolute Gasteiger partial charge is 0.257 e. The first-order chi connectivity index (χ1) is 8.33. The van der Waals surface area contributed by atoms with Gasteiger partial charge in [0, 0.05) is 31.5 Å². The molecule has 0 aromatic carbocycles. The third kappa shape index (κ3) is 2.79. The van der Waals surface area contributed by atoms with Crippen LogP contribution >= 0.6 is 0 Å². The minimum absolute atomic E-state index is 0.0427. The van der Waals surface area contributed by atoms with Gasteiger partial charge in [-0.2, -0.15) is 0 Å². The molecule has 1 aromatic heterocycles. The number of carbonyl (C=O) groups is 1. The van der Waals surface area contributed by atoms with Gasteiger partial charge < -0.3 is 10.2 Å². The molecule has 2 heterocycles. The van der Waals surface area contributed by atoms with Gasteiger partial charge in [0.25, 0.3) is 5.91 Å². The van der Waals surface area contributed by atoms with Crippen LogP contribution in [0.25, 0.3) is 0 Å². The van der Waals surface area contributed by atoms with Crippen LogP contribution in [0.1, 0.15) is 30.1 Å². The van der Waals surface area contributed by atoms with Crippen molar-refractivity contribution in [2.24, 2.45) is 0 Å². The van der Waals surface area contributed by atoms with Crippen molar-refractivity contribution in [3.05, 3.63) is 24.3 Å². The van der Waals surface area contributed by atoms with Crippen LogP contribution < -0.4 is 5.32 Å². The van der Waals surface area contributed by atoms with Crippen molar-refractivity contribution in [1.29, 1.82) is 0 Å². The van der Waals surface area contributed by atoms with Crippen molar-refractivity contribution in [1.82, 2.24) is 20.2 Å². The van der Waals surface area contributed by atoms with Crippen molar-refractivity contribution in [2.45, 2.75) is 25.8 Å². The quantitative estimate of drug-likeness (QED) is 0.832. The summed E-state index contributed by atoms with van der Waals surface area (Å²) in [5.41, 5.74) is 0.577. The maximum atomic E-state index is 12.3. The molecule has 1 aromatic rings. The zero-order chi connectivity index (χ0) is 12.1. The van der Waals surface area contributed by atoms with Gasteiger partial charge in [0.1, 0.15) is 6.33 Å². The highest BCUT2D eigenvalue weighted by Crippen LogP contribution is 2.13. The predicted molar refractivity (Wildman–Crippen MR) is 64.6 cm³/mol. The third-order valence-corrected chi connectivity index (χ3v) is 3.01. The van der Waals surface area contributed by atoms with E-state index in [9.17, 15) is 4.79 Å². The second kappa shape index (κ2) is 5.72. The molecule has 1 amide bonds. The Hall–Kier alpha value is -1.49. The van der Waals surface area contributed by atoms with E-state index in [0.717, 1.165) is 32.5 Å². The fraction of sp³-hybridized carbons (Fsp3) is 0.583. The highest BCUT2D eigenvalue weighted by Gasteiger charge is 2.26. The lowest BCUT2D eigenvalue weighted by Crippen LogP contribution is -2.42. The molecule has 0 saturated carbocycles. The Morgan fingerprint density at radius 2 is 2.29 bits per heavy atom. The van der Waals surface area contributed by atoms with E-state index in [1.165, 1.54) is 6.33 Å². The number of hydrogen-bond donors (Lipinski definition) is 1. The summed E-state index contributed by atoms with van der Waals surface area (Å²) in [6.07, 6.45) is 6.61. The van der Waals surface area contributed by atoms with Crippen molar-refractivity contribution in [3.8, 4) is 0 Å². The van der Waals surface area contributed by atoms with Crippen LogP contribution in [0, 0.1) is 0 Å². The van der Waals surface area contributed by atoms with Gasteiger partial charge >= 0.3 is 0 Å². The number of amides is 1. The van der Waals surface area contributed by atoms with E-state index < -0.39 is 0 Å². The van der Waals surface area contributed by atoms with Gasteiger partial charge in [-0.1, -0.05) is 6.92 Å². The number of nitrogens with one attached hydrogen (secondary N) is 1. The first-order valence-corrected chi connectivity index (χ1v) is 6.09. The largest absolute Gasteiger partial charge is 0.334 e. The number of hydrogen-bond acceptors (Lipinski definition) is 4. The Kier molecular flexibility index (Phi) is 4.03. The summed E-state index contributed by atoms with van der Waals surface area (Å²) >= 11 is 0. The summed E-state index contributed by atoms with van der Waals surface area (Å²) in [5, 5.41) is 3.29. The first-order valence-electron chi connectivity index (χ1n) is 6.09. The Morgan fingerprint density at radius 1 is 1.53 bits per heavy atom. The number of carbonyl (C=O) groups excluding carboxylic acids is 1. The summed E-state index contributed by atoms with van der Waals surface area (Å²) in [6.45, 7) is 4.76. The van der Waals surface area contributed by atoms with Crippen LogP contribution in [0.3, 0.4) is 0 Å². The second-order valence-corrected chi connectivity index (χ2v) is 4.27. The molecule has 1 atom stereocenters. The molecule has 1 unspecified atom stereocenters. The lowest BCUT2D eigenvalue weighted by atomic mass is 10.1. The fourth-order valence-corrected chi connectivity index (χ4v) is 2.17. The molecule has 5 heteroatoms. The van der Waals surface area contributed by atoms with E-state index in [1.807, 2.05) is 4.90 Å². The Balaban J connectivity index is 2.12. The third-order valence-electron chi connectivity index (χ3n) is 3.01. The molecule has 0 aliphatic carbocycles. The molecule has 0 radical (unpaired) electrons. The van der Waals surface area contributed by atoms with Crippen molar-refractivity contribution < 1.29 is 4.79 Å². The summed E-state index contributed by atoms with van der Waals surface area (Å²) in [7, 11) is 0. The standard InChI is InChI=1S/C12H18N4O/c1-2-5-16(11-3-4-13-8-11)12(17)10-6-14-9-15-7-10/h6-7,9,11,13H,2-5,8H2,1H3. The molecule has 1 aliphatic rings. The SMILES string of the molecule is CCCN(C(=O)c1cncnc1)C1CCNC1. The van der Waals surface area contributed by atoms with E-state index >= 15 is 0 Å². The second-order valence-electron chi connectivity index (χ2n) is 4.27. The topological polar surface area (TPSA) is 58.1 Å². The van der Waals surface area contributed by atoms with Gasteiger partial charge in [-0.15, -0.1) is 0 Å². The molecular formula is C12H18N4O. The lowest BCUT2D eigenvalue weighted by Gasteiger charge is -2.28. The van der Waals surface area contributed by atoms with Gasteiger partial charge in [0.05, 0.1) is 5.56 Å². The Bertz CT molecular complexity index is 362. The summed E-state index contributed by atoms with van der Waals surface area (Å²) in [5.74, 6) is 0.0427. The molecule has 17 heavy (non-hydrogen) atoms. The maximum Gasteiger partial charge on any atom is 0.257 e. The first kappa shape index (κ1) is 12.0. The zero-order valence-electron chi connectivity index (χ0n) is 10.1. The van der Waals surface area contributed by atoms with Crippen LogP contribution in [0.15, 0.2) is 18.7 Å². The molecule has 1 aliphatic heterocycles. The van der Waals surface area contributed by atoms with Gasteiger partial charge in [0.15, 0.2) is 0 Å². The molecule has 92 valence electrons. The number of nitrogens with zero attached hydrogens (tertiary/aromatic N) is 3. The minimum Gasteiger partial charge on any atom is -0.334 e. The fourth-order valence-electron chi connectivity index (χ4n) is 2.17. The maximum absolute atomic E-state index is 12.3. The van der Waals surface area contributed by atoms with Crippen molar-refractivity contribution in [3.63, 3.8) is 0 Å². The van der Waals surface area contributed by atoms with Crippen molar-refractivity contribution >= 4 is 5.91 Å². The molecule has 0 spiro atoms. The van der Waals surface area contributed by atoms with E-state index in [1.54, 1.807) is 12.4 Å². The van der Waals surface area contributed by atoms with E-state index in [-0.39, 0.29) is 5.91 Å². The van der Waals surface area contributed by atoms with Crippen molar-refractivity contribution in [2.75, 3.05) is 19.6 Å². The van der Waals surface area contributed by atoms with Crippen LogP contribution in [-0.4, -0.2) is 46.5 Å². The number of aromatic nitrogens is 2.